The molecule has 5 heterocycles. The summed E-state index contributed by atoms with van der Waals surface area (Å²) in [6.45, 7) is 12.6. The van der Waals surface area contributed by atoms with Gasteiger partial charge >= 0.3 is 11.9 Å². The maximum Gasteiger partial charge on any atom is 0.361 e. The molecule has 1 aliphatic rings. The van der Waals surface area contributed by atoms with Crippen molar-refractivity contribution in [3.05, 3.63) is 48.0 Å². The molecule has 0 unspecified atom stereocenters. The van der Waals surface area contributed by atoms with Crippen LogP contribution < -0.4 is 4.74 Å². The first-order valence-electron chi connectivity index (χ1n) is 12.6. The van der Waals surface area contributed by atoms with E-state index in [-0.39, 0.29) is 42.6 Å². The van der Waals surface area contributed by atoms with Gasteiger partial charge in [0.05, 0.1) is 43.4 Å². The number of rotatable bonds is 7. The number of pyridine rings is 2. The van der Waals surface area contributed by atoms with Crippen LogP contribution in [0.5, 0.6) is 11.5 Å². The number of carbonyl (C=O) groups excluding carboxylic acids is 2. The van der Waals surface area contributed by atoms with Gasteiger partial charge in [0, 0.05) is 0 Å². The smallest absolute Gasteiger partial charge is 0.361 e. The highest BCUT2D eigenvalue weighted by molar-refractivity contribution is 5.95. The lowest BCUT2D eigenvalue weighted by Crippen LogP contribution is -2.27. The van der Waals surface area contributed by atoms with E-state index < -0.39 is 17.5 Å². The van der Waals surface area contributed by atoms with Gasteiger partial charge in [0.25, 0.3) is 0 Å². The van der Waals surface area contributed by atoms with Gasteiger partial charge in [-0.05, 0) is 65.8 Å². The number of aliphatic hydroxyl groups is 1. The van der Waals surface area contributed by atoms with Crippen molar-refractivity contribution in [1.29, 1.82) is 0 Å². The minimum Gasteiger partial charge on any atom is -0.506 e. The first kappa shape index (κ1) is 30.2. The molecule has 4 aromatic rings. The summed E-state index contributed by atoms with van der Waals surface area (Å²) < 4.78 is 22.8. The fraction of sp³-hybridized carbons (Fsp3) is 0.462. The Morgan fingerprint density at radius 3 is 1.88 bits per heavy atom. The summed E-state index contributed by atoms with van der Waals surface area (Å²) in [5.74, 6) is -0.436. The molecule has 0 aliphatic carbocycles. The highest BCUT2D eigenvalue weighted by Crippen LogP contribution is 2.23. The Hall–Kier alpha value is -4.30. The molecule has 4 aromatic heterocycles. The molecule has 2 N–H and O–H groups in total. The van der Waals surface area contributed by atoms with Gasteiger partial charge < -0.3 is 29.2 Å². The molecule has 0 radical (unpaired) electrons. The maximum absolute atomic E-state index is 11.7. The summed E-state index contributed by atoms with van der Waals surface area (Å²) in [7, 11) is 0. The van der Waals surface area contributed by atoms with Gasteiger partial charge in [-0.2, -0.15) is 0 Å². The van der Waals surface area contributed by atoms with Gasteiger partial charge in [0.2, 0.25) is 0 Å². The molecule has 0 amide bonds. The van der Waals surface area contributed by atoms with E-state index in [1.54, 1.807) is 52.1 Å². The molecule has 1 fully saturated rings. The average molecular weight is 559 g/mol. The van der Waals surface area contributed by atoms with Crippen LogP contribution in [-0.2, 0) is 14.2 Å². The third-order valence-corrected chi connectivity index (χ3v) is 5.03. The molecular formula is C26H34N6O8. The third-order valence-electron chi connectivity index (χ3n) is 5.03. The molecule has 0 atom stereocenters. The molecule has 14 heteroatoms. The van der Waals surface area contributed by atoms with Crippen LogP contribution in [-0.4, -0.2) is 89.4 Å². The number of carbonyl (C=O) groups is 2. The highest BCUT2D eigenvalue weighted by Gasteiger charge is 2.32. The van der Waals surface area contributed by atoms with Crippen LogP contribution in [0.4, 0.5) is 0 Å². The number of ether oxygens (including phenoxy) is 4. The van der Waals surface area contributed by atoms with Crippen LogP contribution >= 0.6 is 0 Å². The lowest BCUT2D eigenvalue weighted by molar-refractivity contribution is 0.0283. The van der Waals surface area contributed by atoms with Crippen LogP contribution in [0.1, 0.15) is 62.5 Å². The second-order valence-electron chi connectivity index (χ2n) is 9.88. The van der Waals surface area contributed by atoms with Gasteiger partial charge in [0.1, 0.15) is 29.1 Å². The minimum absolute atomic E-state index is 0.0582. The molecule has 1 saturated heterocycles. The lowest BCUT2D eigenvalue weighted by Gasteiger charge is -2.17. The van der Waals surface area contributed by atoms with E-state index in [0.717, 1.165) is 6.61 Å². The van der Waals surface area contributed by atoms with Gasteiger partial charge in [-0.1, -0.05) is 10.4 Å². The van der Waals surface area contributed by atoms with Gasteiger partial charge in [-0.15, -0.1) is 10.2 Å². The summed E-state index contributed by atoms with van der Waals surface area (Å²) in [5.41, 5.74) is 0.691. The van der Waals surface area contributed by atoms with E-state index in [4.69, 9.17) is 18.9 Å². The summed E-state index contributed by atoms with van der Waals surface area (Å²) in [6.07, 6.45) is 2.96. The maximum atomic E-state index is 11.7. The quantitative estimate of drug-likeness (QED) is 0.251. The topological polar surface area (TPSA) is 175 Å². The van der Waals surface area contributed by atoms with E-state index in [1.165, 1.54) is 21.3 Å². The van der Waals surface area contributed by atoms with Crippen LogP contribution in [0.15, 0.2) is 36.7 Å². The third kappa shape index (κ3) is 8.61. The van der Waals surface area contributed by atoms with Crippen molar-refractivity contribution in [3.8, 4) is 11.5 Å². The number of nitrogens with zero attached hydrogens (tertiary/aromatic N) is 6. The highest BCUT2D eigenvalue weighted by atomic mass is 16.6. The van der Waals surface area contributed by atoms with Crippen molar-refractivity contribution in [3.63, 3.8) is 0 Å². The lowest BCUT2D eigenvalue weighted by atomic mass is 10.2. The summed E-state index contributed by atoms with van der Waals surface area (Å²) in [5, 5.41) is 33.8. The second kappa shape index (κ2) is 12.7. The summed E-state index contributed by atoms with van der Waals surface area (Å²) in [6, 6.07) is 6.38. The molecule has 40 heavy (non-hydrogen) atoms. The Kier molecular flexibility index (Phi) is 9.60. The predicted molar refractivity (Wildman–Crippen MR) is 141 cm³/mol. The van der Waals surface area contributed by atoms with E-state index in [9.17, 15) is 19.8 Å². The van der Waals surface area contributed by atoms with Crippen LogP contribution in [0.25, 0.3) is 11.0 Å². The minimum atomic E-state index is -0.923. The largest absolute Gasteiger partial charge is 0.506 e. The number of hydrogen-bond acceptors (Lipinski definition) is 12. The van der Waals surface area contributed by atoms with Crippen molar-refractivity contribution < 1.29 is 38.7 Å². The molecule has 0 spiro atoms. The Morgan fingerprint density at radius 2 is 1.43 bits per heavy atom. The zero-order valence-electron chi connectivity index (χ0n) is 23.3. The van der Waals surface area contributed by atoms with Gasteiger partial charge in [-0.3, -0.25) is 0 Å². The van der Waals surface area contributed by atoms with Crippen molar-refractivity contribution >= 4 is 23.0 Å². The Labute approximate surface area is 230 Å². The Bertz CT molecular complexity index is 1450. The van der Waals surface area contributed by atoms with E-state index in [1.807, 2.05) is 0 Å². The summed E-state index contributed by atoms with van der Waals surface area (Å²) in [4.78, 5) is 23.1. The Morgan fingerprint density at radius 1 is 0.950 bits per heavy atom. The first-order chi connectivity index (χ1) is 18.8. The standard InChI is InChI=1S/C13H17N3O4.C9H9N3O3.C4H8O/c1-4-19-12(17)11-10-6-5-9(7-16(10)15-14-11)20-8-13(2,3)18;1-2-15-9(14)8-7-4-3-6(13)5-12(7)11-10-8;1-4(2)3-5-4/h5-7,18H,4,8H2,1-3H3;3-5,13H,2H2,1H3;3H2,1-2H3. The number of fused-ring (bicyclic) bond motifs is 2. The van der Waals surface area contributed by atoms with Crippen LogP contribution in [0.3, 0.4) is 0 Å². The number of aromatic hydroxyl groups is 1. The van der Waals surface area contributed by atoms with Crippen molar-refractivity contribution in [1.82, 2.24) is 29.7 Å². The van der Waals surface area contributed by atoms with Gasteiger partial charge in [-0.25, -0.2) is 18.6 Å². The van der Waals surface area contributed by atoms with Crippen molar-refractivity contribution in [2.75, 3.05) is 26.4 Å². The fourth-order valence-corrected chi connectivity index (χ4v) is 2.94. The van der Waals surface area contributed by atoms with E-state index in [2.05, 4.69) is 34.5 Å². The fourth-order valence-electron chi connectivity index (χ4n) is 2.94. The molecule has 1 aliphatic heterocycles. The summed E-state index contributed by atoms with van der Waals surface area (Å²) >= 11 is 0. The SMILES string of the molecule is CC1(C)CO1.CCOC(=O)c1nnn2cc(O)ccc12.CCOC(=O)c1nnn2cc(OCC(C)(C)O)ccc12. The Balaban J connectivity index is 0.000000192. The first-order valence-corrected chi connectivity index (χ1v) is 12.6. The van der Waals surface area contributed by atoms with Crippen molar-refractivity contribution in [2.24, 2.45) is 0 Å². The zero-order valence-corrected chi connectivity index (χ0v) is 23.3. The second-order valence-corrected chi connectivity index (χ2v) is 9.88. The molecular weight excluding hydrogens is 524 g/mol. The normalized spacial score (nSPS) is 13.5. The van der Waals surface area contributed by atoms with Crippen LogP contribution in [0, 0.1) is 0 Å². The molecule has 0 saturated carbocycles. The number of esters is 2. The molecule has 0 aromatic carbocycles. The van der Waals surface area contributed by atoms with Crippen LogP contribution in [0.2, 0.25) is 0 Å². The zero-order chi connectivity index (χ0) is 29.5. The number of hydrogen-bond donors (Lipinski definition) is 2. The van der Waals surface area contributed by atoms with E-state index in [0.29, 0.717) is 16.8 Å². The van der Waals surface area contributed by atoms with E-state index >= 15 is 0 Å². The number of epoxide rings is 1. The monoisotopic (exact) mass is 558 g/mol. The molecule has 0 bridgehead atoms. The van der Waals surface area contributed by atoms with Gasteiger partial charge in [0.15, 0.2) is 11.4 Å². The average Bonchev–Trinajstić information content (AvgIpc) is 3.27. The number of aromatic nitrogens is 6. The molecule has 5 rings (SSSR count). The molecule has 14 nitrogen and oxygen atoms in total. The van der Waals surface area contributed by atoms with Crippen molar-refractivity contribution in [2.45, 2.75) is 52.7 Å². The predicted octanol–water partition coefficient (Wildman–Crippen LogP) is 2.46. The molecule has 216 valence electrons.